The largest absolute Gasteiger partial charge is 0.482 e. The van der Waals surface area contributed by atoms with Gasteiger partial charge in [0.15, 0.2) is 0 Å². The van der Waals surface area contributed by atoms with Crippen LogP contribution in [0.5, 0.6) is 5.75 Å². The number of benzene rings is 4. The highest BCUT2D eigenvalue weighted by Gasteiger charge is 2.36. The summed E-state index contributed by atoms with van der Waals surface area (Å²) in [5, 5.41) is 15.6. The number of nitrogens with one attached hydrogen (secondary N) is 2. The second kappa shape index (κ2) is 10.2. The normalized spacial score (nSPS) is 14.6. The van der Waals surface area contributed by atoms with Crippen LogP contribution in [0.1, 0.15) is 31.2 Å². The van der Waals surface area contributed by atoms with Crippen LogP contribution in [0, 0.1) is 5.82 Å². The van der Waals surface area contributed by atoms with Gasteiger partial charge >= 0.3 is 0 Å². The van der Waals surface area contributed by atoms with Gasteiger partial charge in [-0.05, 0) is 75.0 Å². The van der Waals surface area contributed by atoms with Crippen LogP contribution < -0.4 is 14.4 Å². The number of sulfonamides is 1. The number of aliphatic hydroxyl groups is 1. The molecule has 1 aliphatic rings. The minimum absolute atomic E-state index is 0.348. The molecule has 2 aromatic heterocycles. The first-order valence-corrected chi connectivity index (χ1v) is 16.3. The first-order valence-electron chi connectivity index (χ1n) is 14.5. The third kappa shape index (κ3) is 4.68. The molecule has 0 saturated carbocycles. The molecule has 0 aliphatic carbocycles. The number of aromatic amines is 1. The molecule has 8 nitrogen and oxygen atoms in total. The average Bonchev–Trinajstić information content (AvgIpc) is 3.59. The van der Waals surface area contributed by atoms with Crippen molar-refractivity contribution in [3.05, 3.63) is 95.8 Å². The minimum atomic E-state index is -3.68. The highest BCUT2D eigenvalue weighted by molar-refractivity contribution is 7.92. The lowest BCUT2D eigenvalue weighted by molar-refractivity contribution is 0.107. The number of aromatic nitrogens is 1. The van der Waals surface area contributed by atoms with E-state index in [4.69, 9.17) is 9.15 Å². The predicted octanol–water partition coefficient (Wildman–Crippen LogP) is 7.29. The second-order valence-electron chi connectivity index (χ2n) is 11.9. The van der Waals surface area contributed by atoms with Gasteiger partial charge in [0.1, 0.15) is 34.7 Å². The molecule has 0 bridgehead atoms. The van der Waals surface area contributed by atoms with Gasteiger partial charge in [0.2, 0.25) is 10.0 Å². The number of ether oxygens (including phenoxy) is 1. The van der Waals surface area contributed by atoms with Gasteiger partial charge in [-0.3, -0.25) is 9.62 Å². The van der Waals surface area contributed by atoms with Gasteiger partial charge in [0.05, 0.1) is 17.6 Å². The van der Waals surface area contributed by atoms with Gasteiger partial charge in [-0.25, -0.2) is 12.8 Å². The van der Waals surface area contributed by atoms with Gasteiger partial charge in [-0.1, -0.05) is 24.3 Å². The molecule has 0 saturated heterocycles. The third-order valence-electron chi connectivity index (χ3n) is 8.57. The number of aliphatic hydroxyl groups excluding tert-OH is 1. The molecular weight excluding hydrogens is 593 g/mol. The Morgan fingerprint density at radius 1 is 0.956 bits per heavy atom. The minimum Gasteiger partial charge on any atom is -0.482 e. The first kappa shape index (κ1) is 29.1. The van der Waals surface area contributed by atoms with Gasteiger partial charge < -0.3 is 19.2 Å². The van der Waals surface area contributed by atoms with Crippen LogP contribution in [-0.2, 0) is 15.6 Å². The van der Waals surface area contributed by atoms with Crippen molar-refractivity contribution < 1.29 is 27.1 Å². The molecule has 7 rings (SSSR count). The molecule has 3 N–H and O–H groups in total. The average molecular weight is 626 g/mol. The Hall–Kier alpha value is -4.64. The van der Waals surface area contributed by atoms with Crippen molar-refractivity contribution in [1.29, 1.82) is 0 Å². The zero-order valence-electron chi connectivity index (χ0n) is 25.4. The van der Waals surface area contributed by atoms with E-state index in [9.17, 15) is 17.9 Å². The Bertz CT molecular complexity index is 2240. The molecule has 1 aliphatic heterocycles. The fourth-order valence-electron chi connectivity index (χ4n) is 6.33. The van der Waals surface area contributed by atoms with E-state index in [1.165, 1.54) is 23.5 Å². The molecule has 45 heavy (non-hydrogen) atoms. The Morgan fingerprint density at radius 2 is 1.67 bits per heavy atom. The van der Waals surface area contributed by atoms with E-state index in [0.717, 1.165) is 39.5 Å². The molecule has 10 heteroatoms. The maximum Gasteiger partial charge on any atom is 0.232 e. The first-order chi connectivity index (χ1) is 21.4. The Labute approximate surface area is 260 Å². The smallest absolute Gasteiger partial charge is 0.232 e. The van der Waals surface area contributed by atoms with Crippen molar-refractivity contribution in [2.45, 2.75) is 25.7 Å². The lowest BCUT2D eigenvalue weighted by atomic mass is 9.87. The fraction of sp³-hybridized carbons (Fsp3) is 0.200. The topological polar surface area (TPSA) is 108 Å². The van der Waals surface area contributed by atoms with Crippen LogP contribution in [0.4, 0.5) is 10.1 Å². The molecule has 0 spiro atoms. The van der Waals surface area contributed by atoms with Gasteiger partial charge in [-0.2, -0.15) is 0 Å². The van der Waals surface area contributed by atoms with Gasteiger partial charge in [0, 0.05) is 57.2 Å². The molecular formula is C35H32FN3O5S. The molecule has 230 valence electrons. The molecule has 0 fully saturated rings. The summed E-state index contributed by atoms with van der Waals surface area (Å²) < 4.78 is 53.5. The quantitative estimate of drug-likeness (QED) is 0.168. The van der Waals surface area contributed by atoms with Crippen LogP contribution in [-0.4, -0.2) is 38.9 Å². The molecule has 4 aromatic carbocycles. The van der Waals surface area contributed by atoms with Crippen molar-refractivity contribution in [3.8, 4) is 39.5 Å². The number of H-pyrrole nitrogens is 1. The highest BCUT2D eigenvalue weighted by atomic mass is 32.2. The number of para-hydroxylation sites is 1. The standard InChI is InChI=1S/C35H32FN3O5S/c1-35(2)31-22-8-6-7-9-26(22)38-32(31)25-16-20(12-15-28(25)44-35)23-17-24-29(18-27(23)39(4)45(5,41)42)43-33(30(24)34(40)37-3)19-10-13-21(36)14-11-19/h6-18,34,37-38,40H,1-5H3. The lowest BCUT2D eigenvalue weighted by Gasteiger charge is -2.33. The summed E-state index contributed by atoms with van der Waals surface area (Å²) in [5.41, 5.74) is 6.37. The summed E-state index contributed by atoms with van der Waals surface area (Å²) in [6.45, 7) is 4.09. The SMILES string of the molecule is CNC(O)c1c(-c2ccc(F)cc2)oc2cc(N(C)S(C)(=O)=O)c(-c3ccc4c(c3)-c3[nH]c5ccccc5c3C(C)(C)O4)cc12. The van der Waals surface area contributed by atoms with E-state index in [0.29, 0.717) is 44.9 Å². The number of rotatable bonds is 6. The van der Waals surface area contributed by atoms with Crippen molar-refractivity contribution in [2.24, 2.45) is 0 Å². The molecule has 1 atom stereocenters. The van der Waals surface area contributed by atoms with Crippen molar-refractivity contribution in [1.82, 2.24) is 10.3 Å². The summed E-state index contributed by atoms with van der Waals surface area (Å²) in [7, 11) is -0.566. The molecule has 1 unspecified atom stereocenters. The zero-order valence-corrected chi connectivity index (χ0v) is 26.2. The molecule has 0 amide bonds. The number of halogens is 1. The van der Waals surface area contributed by atoms with E-state index in [2.05, 4.69) is 16.4 Å². The maximum atomic E-state index is 13.8. The fourth-order valence-corrected chi connectivity index (χ4v) is 6.84. The monoisotopic (exact) mass is 625 g/mol. The number of hydrogen-bond donors (Lipinski definition) is 3. The molecule has 0 radical (unpaired) electrons. The number of fused-ring (bicyclic) bond motifs is 6. The summed E-state index contributed by atoms with van der Waals surface area (Å²) >= 11 is 0. The van der Waals surface area contributed by atoms with E-state index in [1.54, 1.807) is 25.2 Å². The summed E-state index contributed by atoms with van der Waals surface area (Å²) in [5.74, 6) is 0.652. The molecule has 3 heterocycles. The van der Waals surface area contributed by atoms with Crippen LogP contribution in [0.15, 0.2) is 83.3 Å². The number of hydrogen-bond acceptors (Lipinski definition) is 6. The number of nitrogens with zero attached hydrogens (tertiary/aromatic N) is 1. The van der Waals surface area contributed by atoms with Crippen LogP contribution >= 0.6 is 0 Å². The third-order valence-corrected chi connectivity index (χ3v) is 9.76. The summed E-state index contributed by atoms with van der Waals surface area (Å²) in [6, 6.07) is 23.2. The van der Waals surface area contributed by atoms with Crippen molar-refractivity contribution in [2.75, 3.05) is 24.7 Å². The van der Waals surface area contributed by atoms with E-state index >= 15 is 0 Å². The summed E-state index contributed by atoms with van der Waals surface area (Å²) in [4.78, 5) is 3.59. The van der Waals surface area contributed by atoms with Crippen LogP contribution in [0.2, 0.25) is 0 Å². The zero-order chi connectivity index (χ0) is 31.8. The van der Waals surface area contributed by atoms with E-state index < -0.39 is 27.7 Å². The van der Waals surface area contributed by atoms with Crippen LogP contribution in [0.25, 0.3) is 55.6 Å². The van der Waals surface area contributed by atoms with Gasteiger partial charge in [-0.15, -0.1) is 0 Å². The van der Waals surface area contributed by atoms with Gasteiger partial charge in [0.25, 0.3) is 0 Å². The molecule has 6 aromatic rings. The Kier molecular flexibility index (Phi) is 6.59. The Morgan fingerprint density at radius 3 is 2.38 bits per heavy atom. The Balaban J connectivity index is 1.50. The lowest BCUT2D eigenvalue weighted by Crippen LogP contribution is -2.28. The van der Waals surface area contributed by atoms with E-state index in [1.807, 2.05) is 56.3 Å². The van der Waals surface area contributed by atoms with E-state index in [-0.39, 0.29) is 0 Å². The predicted molar refractivity (Wildman–Crippen MR) is 175 cm³/mol. The number of anilines is 1. The van der Waals surface area contributed by atoms with Crippen molar-refractivity contribution in [3.63, 3.8) is 0 Å². The summed E-state index contributed by atoms with van der Waals surface area (Å²) in [6.07, 6.45) is 0.0219. The highest BCUT2D eigenvalue weighted by Crippen LogP contribution is 2.50. The van der Waals surface area contributed by atoms with Crippen molar-refractivity contribution >= 4 is 37.6 Å². The number of furan rings is 1. The maximum absolute atomic E-state index is 13.8. The van der Waals surface area contributed by atoms with Crippen LogP contribution in [0.3, 0.4) is 0 Å². The second-order valence-corrected chi connectivity index (χ2v) is 13.9.